The van der Waals surface area contributed by atoms with Crippen LogP contribution in [0.4, 0.5) is 10.5 Å². The van der Waals surface area contributed by atoms with Crippen molar-refractivity contribution in [3.8, 4) is 0 Å². The van der Waals surface area contributed by atoms with Crippen LogP contribution < -0.4 is 10.6 Å². The maximum Gasteiger partial charge on any atom is 0.319 e. The Hall–Kier alpha value is -1.26. The van der Waals surface area contributed by atoms with E-state index in [1.807, 2.05) is 14.1 Å². The Morgan fingerprint density at radius 3 is 2.35 bits per heavy atom. The maximum absolute atomic E-state index is 12.0. The van der Waals surface area contributed by atoms with Crippen molar-refractivity contribution in [1.29, 1.82) is 0 Å². The molecule has 0 aliphatic heterocycles. The van der Waals surface area contributed by atoms with Gasteiger partial charge in [-0.25, -0.2) is 4.79 Å². The third kappa shape index (κ3) is 6.78. The van der Waals surface area contributed by atoms with E-state index >= 15 is 0 Å². The van der Waals surface area contributed by atoms with E-state index in [0.717, 1.165) is 18.7 Å². The fourth-order valence-corrected chi connectivity index (χ4v) is 2.20. The number of likely N-dealkylation sites (N-methyl/N-ethyl adjacent to an activating group) is 1. The summed E-state index contributed by atoms with van der Waals surface area (Å²) >= 11 is 5.81. The lowest BCUT2D eigenvalue weighted by molar-refractivity contribution is 0.240. The van der Waals surface area contributed by atoms with E-state index < -0.39 is 0 Å². The number of nitrogens with one attached hydrogen (secondary N) is 2. The molecule has 0 spiro atoms. The number of nitrogens with zero attached hydrogens (tertiary/aromatic N) is 1. The van der Waals surface area contributed by atoms with Gasteiger partial charge < -0.3 is 15.5 Å². The summed E-state index contributed by atoms with van der Waals surface area (Å²) in [5, 5.41) is 6.49. The molecular weight excluding hydrogens is 274 g/mol. The monoisotopic (exact) mass is 297 g/mol. The molecule has 0 aliphatic rings. The molecule has 2 amide bonds. The zero-order chi connectivity index (χ0) is 15.1. The predicted octanol–water partition coefficient (Wildman–Crippen LogP) is 3.44. The normalized spacial score (nSPS) is 12.6. The van der Waals surface area contributed by atoms with E-state index in [9.17, 15) is 4.79 Å². The molecule has 0 bridgehead atoms. The fourth-order valence-electron chi connectivity index (χ4n) is 2.07. The van der Waals surface area contributed by atoms with E-state index in [4.69, 9.17) is 11.6 Å². The second-order valence-corrected chi connectivity index (χ2v) is 6.13. The molecule has 0 saturated carbocycles. The van der Waals surface area contributed by atoms with Gasteiger partial charge in [0.1, 0.15) is 0 Å². The van der Waals surface area contributed by atoms with Gasteiger partial charge in [0.2, 0.25) is 0 Å². The standard InChI is InChI=1S/C15H24ClN3O/c1-11(2)9-14(10-19(3)4)18-15(20)17-13-7-5-12(16)6-8-13/h5-8,11,14H,9-10H2,1-4H3,(H2,17,18,20). The van der Waals surface area contributed by atoms with Crippen molar-refractivity contribution in [3.05, 3.63) is 29.3 Å². The molecule has 1 rings (SSSR count). The molecule has 0 radical (unpaired) electrons. The summed E-state index contributed by atoms with van der Waals surface area (Å²) in [5.41, 5.74) is 0.736. The minimum absolute atomic E-state index is 0.136. The van der Waals surface area contributed by atoms with Crippen LogP contribution >= 0.6 is 11.6 Å². The average molecular weight is 298 g/mol. The number of hydrogen-bond donors (Lipinski definition) is 2. The summed E-state index contributed by atoms with van der Waals surface area (Å²) in [6.07, 6.45) is 0.951. The molecule has 20 heavy (non-hydrogen) atoms. The highest BCUT2D eigenvalue weighted by atomic mass is 35.5. The first-order valence-electron chi connectivity index (χ1n) is 6.84. The highest BCUT2D eigenvalue weighted by Crippen LogP contribution is 2.13. The first-order chi connectivity index (χ1) is 9.36. The van der Waals surface area contributed by atoms with E-state index in [1.54, 1.807) is 24.3 Å². The van der Waals surface area contributed by atoms with Crippen LogP contribution in [0, 0.1) is 5.92 Å². The van der Waals surface area contributed by atoms with Crippen LogP contribution in [0.5, 0.6) is 0 Å². The molecule has 0 heterocycles. The zero-order valence-electron chi connectivity index (χ0n) is 12.6. The van der Waals surface area contributed by atoms with Crippen molar-refractivity contribution >= 4 is 23.3 Å². The van der Waals surface area contributed by atoms with Crippen molar-refractivity contribution in [2.45, 2.75) is 26.3 Å². The first-order valence-corrected chi connectivity index (χ1v) is 7.22. The van der Waals surface area contributed by atoms with Crippen molar-refractivity contribution < 1.29 is 4.79 Å². The number of hydrogen-bond acceptors (Lipinski definition) is 2. The van der Waals surface area contributed by atoms with Gasteiger partial charge in [0.05, 0.1) is 0 Å². The number of rotatable bonds is 6. The molecule has 1 aromatic rings. The number of urea groups is 1. The predicted molar refractivity (Wildman–Crippen MR) is 85.4 cm³/mol. The third-order valence-electron chi connectivity index (χ3n) is 2.78. The van der Waals surface area contributed by atoms with Gasteiger partial charge in [-0.15, -0.1) is 0 Å². The number of carbonyl (C=O) groups is 1. The van der Waals surface area contributed by atoms with E-state index in [2.05, 4.69) is 29.4 Å². The van der Waals surface area contributed by atoms with Crippen LogP contribution in [-0.2, 0) is 0 Å². The van der Waals surface area contributed by atoms with Crippen molar-refractivity contribution in [1.82, 2.24) is 10.2 Å². The maximum atomic E-state index is 12.0. The summed E-state index contributed by atoms with van der Waals surface area (Å²) < 4.78 is 0. The zero-order valence-corrected chi connectivity index (χ0v) is 13.4. The lowest BCUT2D eigenvalue weighted by Gasteiger charge is -2.24. The molecule has 1 aromatic carbocycles. The van der Waals surface area contributed by atoms with Crippen LogP contribution in [0.1, 0.15) is 20.3 Å². The largest absolute Gasteiger partial charge is 0.334 e. The molecular formula is C15H24ClN3O. The van der Waals surface area contributed by atoms with E-state index in [1.165, 1.54) is 0 Å². The molecule has 0 fully saturated rings. The van der Waals surface area contributed by atoms with Gasteiger partial charge in [0.15, 0.2) is 0 Å². The third-order valence-corrected chi connectivity index (χ3v) is 3.03. The minimum atomic E-state index is -0.181. The second kappa shape index (κ2) is 8.12. The van der Waals surface area contributed by atoms with Crippen molar-refractivity contribution in [2.24, 2.45) is 5.92 Å². The molecule has 112 valence electrons. The highest BCUT2D eigenvalue weighted by Gasteiger charge is 2.14. The van der Waals surface area contributed by atoms with Gasteiger partial charge in [-0.1, -0.05) is 25.4 Å². The van der Waals surface area contributed by atoms with E-state index in [0.29, 0.717) is 10.9 Å². The van der Waals surface area contributed by atoms with Crippen LogP contribution in [0.2, 0.25) is 5.02 Å². The number of anilines is 1. The summed E-state index contributed by atoms with van der Waals surface area (Å²) in [4.78, 5) is 14.1. The van der Waals surface area contributed by atoms with Crippen molar-refractivity contribution in [2.75, 3.05) is 26.0 Å². The highest BCUT2D eigenvalue weighted by molar-refractivity contribution is 6.30. The Labute approximate surface area is 126 Å². The average Bonchev–Trinajstić information content (AvgIpc) is 2.30. The second-order valence-electron chi connectivity index (χ2n) is 5.69. The number of halogens is 1. The molecule has 5 heteroatoms. The molecule has 1 atom stereocenters. The molecule has 4 nitrogen and oxygen atoms in total. The summed E-state index contributed by atoms with van der Waals surface area (Å²) in [5.74, 6) is 0.538. The number of amides is 2. The lowest BCUT2D eigenvalue weighted by atomic mass is 10.0. The van der Waals surface area contributed by atoms with Crippen LogP contribution in [0.15, 0.2) is 24.3 Å². The van der Waals surface area contributed by atoms with Gasteiger partial charge in [0, 0.05) is 23.3 Å². The van der Waals surface area contributed by atoms with Gasteiger partial charge in [-0.3, -0.25) is 0 Å². The summed E-state index contributed by atoms with van der Waals surface area (Å²) in [7, 11) is 4.01. The smallest absolute Gasteiger partial charge is 0.319 e. The van der Waals surface area contributed by atoms with Crippen LogP contribution in [0.3, 0.4) is 0 Å². The molecule has 2 N–H and O–H groups in total. The van der Waals surface area contributed by atoms with Crippen LogP contribution in [0.25, 0.3) is 0 Å². The summed E-state index contributed by atoms with van der Waals surface area (Å²) in [6.45, 7) is 5.13. The Morgan fingerprint density at radius 1 is 1.25 bits per heavy atom. The Bertz CT molecular complexity index is 408. The van der Waals surface area contributed by atoms with Gasteiger partial charge in [-0.05, 0) is 50.7 Å². The molecule has 1 unspecified atom stereocenters. The first kappa shape index (κ1) is 16.8. The molecule has 0 aliphatic carbocycles. The fraction of sp³-hybridized carbons (Fsp3) is 0.533. The molecule has 0 aromatic heterocycles. The van der Waals surface area contributed by atoms with Crippen molar-refractivity contribution in [3.63, 3.8) is 0 Å². The SMILES string of the molecule is CC(C)CC(CN(C)C)NC(=O)Nc1ccc(Cl)cc1. The summed E-state index contributed by atoms with van der Waals surface area (Å²) in [6, 6.07) is 7.03. The number of benzene rings is 1. The Kier molecular flexibility index (Phi) is 6.82. The van der Waals surface area contributed by atoms with E-state index in [-0.39, 0.29) is 12.1 Å². The van der Waals surface area contributed by atoms with Gasteiger partial charge in [0.25, 0.3) is 0 Å². The quantitative estimate of drug-likeness (QED) is 0.845. The van der Waals surface area contributed by atoms with Crippen LogP contribution in [-0.4, -0.2) is 37.6 Å². The molecule has 0 saturated heterocycles. The Balaban J connectivity index is 2.54. The van der Waals surface area contributed by atoms with Gasteiger partial charge >= 0.3 is 6.03 Å². The Morgan fingerprint density at radius 2 is 1.85 bits per heavy atom. The lowest BCUT2D eigenvalue weighted by Crippen LogP contribution is -2.44. The van der Waals surface area contributed by atoms with Gasteiger partial charge in [-0.2, -0.15) is 0 Å². The minimum Gasteiger partial charge on any atom is -0.334 e. The number of carbonyl (C=O) groups excluding carboxylic acids is 1. The topological polar surface area (TPSA) is 44.4 Å².